The largest absolute Gasteiger partial charge is 0.493 e. The Morgan fingerprint density at radius 1 is 1.26 bits per heavy atom. The minimum absolute atomic E-state index is 0.0640. The highest BCUT2D eigenvalue weighted by Crippen LogP contribution is 2.40. The fourth-order valence-electron chi connectivity index (χ4n) is 2.10. The van der Waals surface area contributed by atoms with Gasteiger partial charge in [-0.3, -0.25) is 4.79 Å². The minimum atomic E-state index is -0.898. The molecule has 2 rings (SSSR count). The molecule has 1 fully saturated rings. The van der Waals surface area contributed by atoms with E-state index in [1.807, 2.05) is 0 Å². The number of rotatable bonds is 5. The van der Waals surface area contributed by atoms with Crippen molar-refractivity contribution in [3.8, 4) is 5.75 Å². The molecule has 0 saturated heterocycles. The zero-order valence-electron chi connectivity index (χ0n) is 12.4. The summed E-state index contributed by atoms with van der Waals surface area (Å²) in [6.45, 7) is 0. The first-order valence-electron chi connectivity index (χ1n) is 6.67. The Kier molecular flexibility index (Phi) is 5.16. The van der Waals surface area contributed by atoms with Crippen LogP contribution in [-0.4, -0.2) is 26.0 Å². The molecule has 23 heavy (non-hydrogen) atoms. The second-order valence-electron chi connectivity index (χ2n) is 4.99. The summed E-state index contributed by atoms with van der Waals surface area (Å²) < 4.78 is 23.4. The maximum atomic E-state index is 13.9. The third-order valence-electron chi connectivity index (χ3n) is 3.49. The van der Waals surface area contributed by atoms with Crippen molar-refractivity contribution in [1.29, 1.82) is 0 Å². The predicted molar refractivity (Wildman–Crippen MR) is 83.3 cm³/mol. The van der Waals surface area contributed by atoms with Crippen LogP contribution in [0.1, 0.15) is 23.2 Å². The number of allylic oxidation sites excluding steroid dienone is 1. The summed E-state index contributed by atoms with van der Waals surface area (Å²) in [6, 6.07) is 0.846. The molecule has 8 heteroatoms. The van der Waals surface area contributed by atoms with Crippen molar-refractivity contribution >= 4 is 35.0 Å². The number of hydrogen-bond donors (Lipinski definition) is 1. The van der Waals surface area contributed by atoms with Gasteiger partial charge in [-0.1, -0.05) is 23.2 Å². The summed E-state index contributed by atoms with van der Waals surface area (Å²) in [5.74, 6) is -2.88. The molecule has 0 bridgehead atoms. The van der Waals surface area contributed by atoms with Crippen molar-refractivity contribution in [3.05, 3.63) is 38.8 Å². The Balaban J connectivity index is 2.60. The smallest absolute Gasteiger partial charge is 0.343 e. The van der Waals surface area contributed by atoms with Crippen molar-refractivity contribution < 1.29 is 23.5 Å². The van der Waals surface area contributed by atoms with Crippen LogP contribution in [0.2, 0.25) is 10.0 Å². The molecule has 0 radical (unpaired) electrons. The van der Waals surface area contributed by atoms with Gasteiger partial charge in [-0.05, 0) is 24.8 Å². The van der Waals surface area contributed by atoms with Crippen molar-refractivity contribution in [3.63, 3.8) is 0 Å². The molecule has 0 amide bonds. The van der Waals surface area contributed by atoms with E-state index >= 15 is 0 Å². The number of hydrogen-bond acceptors (Lipinski definition) is 5. The Morgan fingerprint density at radius 3 is 2.35 bits per heavy atom. The number of methoxy groups -OCH3 is 2. The number of benzene rings is 1. The van der Waals surface area contributed by atoms with Gasteiger partial charge in [0.15, 0.2) is 5.75 Å². The number of Topliss-reactive ketones (excluding diaryl/α,β-unsaturated/α-hetero) is 1. The first-order valence-corrected chi connectivity index (χ1v) is 7.43. The van der Waals surface area contributed by atoms with Gasteiger partial charge < -0.3 is 15.2 Å². The van der Waals surface area contributed by atoms with Crippen LogP contribution >= 0.6 is 23.2 Å². The highest BCUT2D eigenvalue weighted by Gasteiger charge is 2.34. The van der Waals surface area contributed by atoms with Gasteiger partial charge >= 0.3 is 5.97 Å². The maximum Gasteiger partial charge on any atom is 0.343 e. The molecule has 5 nitrogen and oxygen atoms in total. The highest BCUT2D eigenvalue weighted by atomic mass is 35.5. The van der Waals surface area contributed by atoms with Gasteiger partial charge in [-0.25, -0.2) is 9.18 Å². The summed E-state index contributed by atoms with van der Waals surface area (Å²) in [4.78, 5) is 24.6. The van der Waals surface area contributed by atoms with Gasteiger partial charge in [0.25, 0.3) is 0 Å². The van der Waals surface area contributed by atoms with Crippen LogP contribution in [-0.2, 0) is 9.53 Å². The number of esters is 1. The number of carbonyl (C=O) groups excluding carboxylic acids is 2. The molecule has 0 spiro atoms. The Morgan fingerprint density at radius 2 is 1.87 bits per heavy atom. The van der Waals surface area contributed by atoms with Crippen LogP contribution in [0, 0.1) is 11.7 Å². The molecule has 0 heterocycles. The lowest BCUT2D eigenvalue weighted by atomic mass is 9.99. The fraction of sp³-hybridized carbons (Fsp3) is 0.333. The lowest BCUT2D eigenvalue weighted by molar-refractivity contribution is -0.135. The third kappa shape index (κ3) is 3.28. The van der Waals surface area contributed by atoms with E-state index in [2.05, 4.69) is 4.74 Å². The second kappa shape index (κ2) is 6.76. The molecule has 1 aliphatic rings. The summed E-state index contributed by atoms with van der Waals surface area (Å²) in [6.07, 6.45) is 1.54. The second-order valence-corrected chi connectivity index (χ2v) is 5.75. The monoisotopic (exact) mass is 361 g/mol. The number of ketones is 1. The normalized spacial score (nSPS) is 15.0. The Hall–Kier alpha value is -1.79. The molecule has 1 aromatic rings. The van der Waals surface area contributed by atoms with Crippen molar-refractivity contribution in [1.82, 2.24) is 0 Å². The van der Waals surface area contributed by atoms with Crippen LogP contribution in [0.3, 0.4) is 0 Å². The van der Waals surface area contributed by atoms with E-state index in [1.165, 1.54) is 7.11 Å². The molecule has 0 unspecified atom stereocenters. The van der Waals surface area contributed by atoms with Gasteiger partial charge in [0.05, 0.1) is 19.2 Å². The van der Waals surface area contributed by atoms with Crippen molar-refractivity contribution in [2.45, 2.75) is 12.8 Å². The summed E-state index contributed by atoms with van der Waals surface area (Å²) in [7, 11) is 2.36. The number of halogens is 3. The molecule has 1 saturated carbocycles. The zero-order valence-corrected chi connectivity index (χ0v) is 13.9. The summed E-state index contributed by atoms with van der Waals surface area (Å²) >= 11 is 11.8. The lowest BCUT2D eigenvalue weighted by Gasteiger charge is -2.13. The average Bonchev–Trinajstić information content (AvgIpc) is 3.36. The first kappa shape index (κ1) is 17.6. The van der Waals surface area contributed by atoms with E-state index in [1.54, 1.807) is 0 Å². The molecule has 0 atom stereocenters. The molecule has 1 aliphatic carbocycles. The lowest BCUT2D eigenvalue weighted by Crippen LogP contribution is -2.22. The molecule has 124 valence electrons. The number of carbonyl (C=O) groups is 2. The molecule has 0 aromatic heterocycles. The fourth-order valence-corrected chi connectivity index (χ4v) is 2.69. The van der Waals surface area contributed by atoms with Gasteiger partial charge in [0.1, 0.15) is 16.4 Å². The van der Waals surface area contributed by atoms with E-state index in [0.29, 0.717) is 0 Å². The van der Waals surface area contributed by atoms with Crippen LogP contribution < -0.4 is 10.5 Å². The van der Waals surface area contributed by atoms with Crippen LogP contribution in [0.25, 0.3) is 0 Å². The van der Waals surface area contributed by atoms with Crippen molar-refractivity contribution in [2.24, 2.45) is 11.7 Å². The predicted octanol–water partition coefficient (Wildman–Crippen LogP) is 3.12. The molecule has 1 aromatic carbocycles. The molecule has 0 aliphatic heterocycles. The standard InChI is InChI=1S/C15H14Cl2FNO4/c1-22-14-10(16)7(5-8(18)11(14)17)13(20)9(15(21)23-2)12(19)6-3-4-6/h5-6H,3-4,19H2,1-2H3. The van der Waals surface area contributed by atoms with E-state index in [0.717, 1.165) is 26.0 Å². The van der Waals surface area contributed by atoms with Gasteiger partial charge in [0, 0.05) is 11.3 Å². The average molecular weight is 362 g/mol. The zero-order chi connectivity index (χ0) is 17.3. The van der Waals surface area contributed by atoms with Crippen LogP contribution in [0.5, 0.6) is 5.75 Å². The van der Waals surface area contributed by atoms with Gasteiger partial charge in [0.2, 0.25) is 5.78 Å². The van der Waals surface area contributed by atoms with Crippen molar-refractivity contribution in [2.75, 3.05) is 14.2 Å². The Bertz CT molecular complexity index is 714. The van der Waals surface area contributed by atoms with E-state index in [-0.39, 0.29) is 38.5 Å². The Labute approximate surface area is 142 Å². The van der Waals surface area contributed by atoms with E-state index in [9.17, 15) is 14.0 Å². The quantitative estimate of drug-likeness (QED) is 0.217. The summed E-state index contributed by atoms with van der Waals surface area (Å²) in [5, 5.41) is -0.554. The van der Waals surface area contributed by atoms with Gasteiger partial charge in [-0.2, -0.15) is 0 Å². The topological polar surface area (TPSA) is 78.6 Å². The van der Waals surface area contributed by atoms with Gasteiger partial charge in [-0.15, -0.1) is 0 Å². The van der Waals surface area contributed by atoms with Crippen LogP contribution in [0.15, 0.2) is 17.3 Å². The minimum Gasteiger partial charge on any atom is -0.493 e. The highest BCUT2D eigenvalue weighted by molar-refractivity contribution is 6.41. The van der Waals surface area contributed by atoms with E-state index < -0.39 is 17.6 Å². The molecule has 2 N–H and O–H groups in total. The molecular formula is C15H14Cl2FNO4. The molecular weight excluding hydrogens is 348 g/mol. The first-order chi connectivity index (χ1) is 10.8. The van der Waals surface area contributed by atoms with E-state index in [4.69, 9.17) is 33.7 Å². The van der Waals surface area contributed by atoms with Crippen LogP contribution in [0.4, 0.5) is 4.39 Å². The number of ether oxygens (including phenoxy) is 2. The number of nitrogens with two attached hydrogens (primary N) is 1. The summed E-state index contributed by atoms with van der Waals surface area (Å²) in [5.41, 5.74) is 5.39. The third-order valence-corrected chi connectivity index (χ3v) is 4.21. The maximum absolute atomic E-state index is 13.9. The SMILES string of the molecule is COC(=O)C(C(=O)c1cc(F)c(Cl)c(OC)c1Cl)=C(N)C1CC1.